The maximum Gasteiger partial charge on any atom is 0.471 e. The number of methoxy groups -OCH3 is 1. The first-order valence-corrected chi connectivity index (χ1v) is 7.24. The fraction of sp³-hybridized carbons (Fsp3) is 0.769. The van der Waals surface area contributed by atoms with Crippen molar-refractivity contribution in [1.82, 2.24) is 15.5 Å². The molecule has 3 atom stereocenters. The number of nitrogens with one attached hydrogen (secondary N) is 2. The highest BCUT2D eigenvalue weighted by atomic mass is 19.4. The molecule has 23 heavy (non-hydrogen) atoms. The largest absolute Gasteiger partial charge is 0.471 e. The van der Waals surface area contributed by atoms with Gasteiger partial charge in [0.05, 0.1) is 7.11 Å². The smallest absolute Gasteiger partial charge is 0.467 e. The van der Waals surface area contributed by atoms with Gasteiger partial charge in [0.1, 0.15) is 12.1 Å². The van der Waals surface area contributed by atoms with E-state index in [1.165, 1.54) is 12.0 Å². The van der Waals surface area contributed by atoms with Crippen LogP contribution in [0.3, 0.4) is 0 Å². The first-order valence-electron chi connectivity index (χ1n) is 7.24. The van der Waals surface area contributed by atoms with Crippen LogP contribution in [0.25, 0.3) is 0 Å². The maximum atomic E-state index is 12.6. The van der Waals surface area contributed by atoms with E-state index >= 15 is 0 Å². The Morgan fingerprint density at radius 2 is 2.00 bits per heavy atom. The van der Waals surface area contributed by atoms with Crippen LogP contribution in [0.5, 0.6) is 0 Å². The molecule has 2 N–H and O–H groups in total. The van der Waals surface area contributed by atoms with Gasteiger partial charge >= 0.3 is 18.1 Å². The Morgan fingerprint density at radius 3 is 2.61 bits per heavy atom. The zero-order chi connectivity index (χ0) is 17.2. The molecular weight excluding hydrogens is 319 g/mol. The van der Waals surface area contributed by atoms with Gasteiger partial charge in [-0.1, -0.05) is 0 Å². The first kappa shape index (κ1) is 17.5. The predicted molar refractivity (Wildman–Crippen MR) is 71.1 cm³/mol. The van der Waals surface area contributed by atoms with Crippen molar-refractivity contribution < 1.29 is 32.3 Å². The van der Waals surface area contributed by atoms with Crippen LogP contribution in [-0.2, 0) is 19.1 Å². The summed E-state index contributed by atoms with van der Waals surface area (Å²) in [7, 11) is 1.19. The van der Waals surface area contributed by atoms with Crippen molar-refractivity contribution in [2.24, 2.45) is 0 Å². The Labute approximate surface area is 130 Å². The molecule has 2 amide bonds. The van der Waals surface area contributed by atoms with E-state index in [-0.39, 0.29) is 12.6 Å². The number of esters is 1. The average Bonchev–Trinajstić information content (AvgIpc) is 2.65. The number of fused-ring (bicyclic) bond motifs is 1. The predicted octanol–water partition coefficient (Wildman–Crippen LogP) is -0.441. The summed E-state index contributed by atoms with van der Waals surface area (Å²) < 4.78 is 41.9. The minimum Gasteiger partial charge on any atom is -0.467 e. The van der Waals surface area contributed by atoms with E-state index in [2.05, 4.69) is 10.1 Å². The second kappa shape index (κ2) is 6.73. The van der Waals surface area contributed by atoms with Gasteiger partial charge in [-0.25, -0.2) is 4.79 Å². The number of nitrogens with zero attached hydrogens (tertiary/aromatic N) is 1. The van der Waals surface area contributed by atoms with E-state index in [4.69, 9.17) is 0 Å². The third-order valence-electron chi connectivity index (χ3n) is 4.06. The summed E-state index contributed by atoms with van der Waals surface area (Å²) in [4.78, 5) is 36.8. The Balaban J connectivity index is 2.20. The Bertz CT molecular complexity index is 497. The molecule has 0 unspecified atom stereocenters. The average molecular weight is 337 g/mol. The standard InChI is InChI=1S/C13H18F3N3O4/c1-23-11(21)9-4-2-3-7-5-17-6-8(10(20)19(7)9)18-12(22)13(14,15)16/h7-9,17H,2-6H2,1H3,(H,18,22)/t7-,8+,9+/m1/s1. The highest BCUT2D eigenvalue weighted by molar-refractivity contribution is 5.92. The van der Waals surface area contributed by atoms with Crippen LogP contribution in [0, 0.1) is 0 Å². The van der Waals surface area contributed by atoms with Gasteiger partial charge in [0.25, 0.3) is 0 Å². The highest BCUT2D eigenvalue weighted by Gasteiger charge is 2.46. The zero-order valence-electron chi connectivity index (χ0n) is 12.5. The fourth-order valence-corrected chi connectivity index (χ4v) is 3.00. The topological polar surface area (TPSA) is 87.7 Å². The summed E-state index contributed by atoms with van der Waals surface area (Å²) in [5, 5.41) is 4.55. The van der Waals surface area contributed by atoms with Gasteiger partial charge < -0.3 is 20.3 Å². The summed E-state index contributed by atoms with van der Waals surface area (Å²) in [6, 6.07) is -2.52. The summed E-state index contributed by atoms with van der Waals surface area (Å²) in [5.41, 5.74) is 0. The van der Waals surface area contributed by atoms with E-state index in [0.29, 0.717) is 25.8 Å². The van der Waals surface area contributed by atoms with E-state index in [9.17, 15) is 27.6 Å². The number of ether oxygens (including phenoxy) is 1. The molecular formula is C13H18F3N3O4. The van der Waals surface area contributed by atoms with Crippen molar-refractivity contribution in [3.63, 3.8) is 0 Å². The molecule has 0 aromatic carbocycles. The second-order valence-corrected chi connectivity index (χ2v) is 5.55. The zero-order valence-corrected chi connectivity index (χ0v) is 12.5. The van der Waals surface area contributed by atoms with Crippen LogP contribution in [0.15, 0.2) is 0 Å². The van der Waals surface area contributed by atoms with Crippen molar-refractivity contribution in [2.45, 2.75) is 43.6 Å². The van der Waals surface area contributed by atoms with Crippen molar-refractivity contribution in [1.29, 1.82) is 0 Å². The SMILES string of the molecule is COC(=O)[C@@H]1CCC[C@@H]2CNC[C@H](NC(=O)C(F)(F)F)C(=O)N21. The van der Waals surface area contributed by atoms with Gasteiger partial charge in [-0.15, -0.1) is 0 Å². The number of hydrogen-bond donors (Lipinski definition) is 2. The molecule has 0 aromatic heterocycles. The van der Waals surface area contributed by atoms with E-state index in [0.717, 1.165) is 0 Å². The molecule has 2 heterocycles. The third-order valence-corrected chi connectivity index (χ3v) is 4.06. The van der Waals surface area contributed by atoms with Gasteiger partial charge in [0.2, 0.25) is 5.91 Å². The number of rotatable bonds is 2. The van der Waals surface area contributed by atoms with Crippen LogP contribution in [-0.4, -0.2) is 67.2 Å². The van der Waals surface area contributed by atoms with Crippen molar-refractivity contribution >= 4 is 17.8 Å². The number of carbonyl (C=O) groups is 3. The van der Waals surface area contributed by atoms with Gasteiger partial charge in [-0.05, 0) is 19.3 Å². The first-order chi connectivity index (χ1) is 10.8. The van der Waals surface area contributed by atoms with Crippen molar-refractivity contribution in [2.75, 3.05) is 20.2 Å². The van der Waals surface area contributed by atoms with Crippen LogP contribution < -0.4 is 10.6 Å². The van der Waals surface area contributed by atoms with Crippen molar-refractivity contribution in [3.8, 4) is 0 Å². The maximum absolute atomic E-state index is 12.6. The summed E-state index contributed by atoms with van der Waals surface area (Å²) in [5.74, 6) is -3.48. The summed E-state index contributed by atoms with van der Waals surface area (Å²) in [6.07, 6.45) is -3.36. The minimum absolute atomic E-state index is 0.123. The van der Waals surface area contributed by atoms with Crippen LogP contribution in [0.4, 0.5) is 13.2 Å². The molecule has 2 aliphatic rings. The molecule has 7 nitrogen and oxygen atoms in total. The molecule has 2 fully saturated rings. The Morgan fingerprint density at radius 1 is 1.30 bits per heavy atom. The molecule has 0 spiro atoms. The number of carbonyl (C=O) groups excluding carboxylic acids is 3. The number of amides is 2. The number of halogens is 3. The van der Waals surface area contributed by atoms with Crippen LogP contribution >= 0.6 is 0 Å². The normalized spacial score (nSPS) is 28.6. The number of piperidine rings is 1. The lowest BCUT2D eigenvalue weighted by Crippen LogP contribution is -2.59. The fourth-order valence-electron chi connectivity index (χ4n) is 3.00. The molecule has 0 aromatic rings. The Hall–Kier alpha value is -1.84. The Kier molecular flexibility index (Phi) is 5.12. The molecule has 2 rings (SSSR count). The lowest BCUT2D eigenvalue weighted by Gasteiger charge is -2.40. The molecule has 0 aliphatic carbocycles. The third kappa shape index (κ3) is 3.74. The quantitative estimate of drug-likeness (QED) is 0.667. The second-order valence-electron chi connectivity index (χ2n) is 5.55. The molecule has 130 valence electrons. The van der Waals surface area contributed by atoms with Crippen LogP contribution in [0.1, 0.15) is 19.3 Å². The van der Waals surface area contributed by atoms with E-state index in [1.807, 2.05) is 0 Å². The monoisotopic (exact) mass is 337 g/mol. The van der Waals surface area contributed by atoms with Crippen molar-refractivity contribution in [3.05, 3.63) is 0 Å². The number of hydrogen-bond acceptors (Lipinski definition) is 5. The van der Waals surface area contributed by atoms with Gasteiger partial charge in [0, 0.05) is 19.1 Å². The molecule has 2 saturated heterocycles. The van der Waals surface area contributed by atoms with E-state index in [1.54, 1.807) is 5.32 Å². The molecule has 0 bridgehead atoms. The summed E-state index contributed by atoms with van der Waals surface area (Å²) in [6.45, 7) is 0.221. The lowest BCUT2D eigenvalue weighted by atomic mass is 9.95. The minimum atomic E-state index is -5.07. The summed E-state index contributed by atoms with van der Waals surface area (Å²) >= 11 is 0. The number of alkyl halides is 3. The molecule has 0 radical (unpaired) electrons. The van der Waals surface area contributed by atoms with E-state index < -0.39 is 36.0 Å². The highest BCUT2D eigenvalue weighted by Crippen LogP contribution is 2.26. The van der Waals surface area contributed by atoms with Crippen LogP contribution in [0.2, 0.25) is 0 Å². The van der Waals surface area contributed by atoms with Gasteiger partial charge in [-0.2, -0.15) is 13.2 Å². The lowest BCUT2D eigenvalue weighted by molar-refractivity contribution is -0.175. The molecule has 0 saturated carbocycles. The van der Waals surface area contributed by atoms with Gasteiger partial charge in [0.15, 0.2) is 0 Å². The molecule has 2 aliphatic heterocycles. The molecule has 10 heteroatoms. The van der Waals surface area contributed by atoms with Gasteiger partial charge in [-0.3, -0.25) is 9.59 Å².